The Morgan fingerprint density at radius 1 is 0.821 bits per heavy atom. The van der Waals surface area contributed by atoms with Crippen LogP contribution in [0.4, 0.5) is 0 Å². The van der Waals surface area contributed by atoms with Crippen LogP contribution in [0.5, 0.6) is 5.75 Å². The van der Waals surface area contributed by atoms with E-state index in [0.717, 1.165) is 5.56 Å². The standard InChI is InChI=1S/C24H27N5O6.2C2H6/c1-16-14-28(23(33)25-21(16)31)12-10-27(11-13-29-15-17(2)22(32)26-24(29)34)20(30)9-6-18-4-7-19(35-3)8-5-18;2*1-2/h4-9,14-15H,10-13H2,1-3H3,(H,25,31,33)(H,26,32,34);2*1-2H3/b9-6+;;. The van der Waals surface area contributed by atoms with E-state index in [1.54, 1.807) is 51.3 Å². The minimum atomic E-state index is -0.575. The van der Waals surface area contributed by atoms with Gasteiger partial charge in [-0.1, -0.05) is 39.8 Å². The number of rotatable bonds is 9. The molecule has 2 N–H and O–H groups in total. The van der Waals surface area contributed by atoms with Crippen LogP contribution in [-0.4, -0.2) is 50.1 Å². The van der Waals surface area contributed by atoms with Gasteiger partial charge in [-0.15, -0.1) is 0 Å². The number of benzene rings is 1. The molecule has 0 saturated heterocycles. The maximum absolute atomic E-state index is 13.0. The van der Waals surface area contributed by atoms with Crippen molar-refractivity contribution in [3.8, 4) is 5.75 Å². The number of aromatic amines is 2. The second-order valence-electron chi connectivity index (χ2n) is 7.96. The minimum Gasteiger partial charge on any atom is -0.497 e. The monoisotopic (exact) mass is 541 g/mol. The van der Waals surface area contributed by atoms with Gasteiger partial charge >= 0.3 is 11.4 Å². The zero-order chi connectivity index (χ0) is 29.5. The Hall–Kier alpha value is -4.41. The highest BCUT2D eigenvalue weighted by Gasteiger charge is 2.13. The number of H-pyrrole nitrogens is 2. The minimum absolute atomic E-state index is 0.137. The number of ether oxygens (including phenoxy) is 1. The summed E-state index contributed by atoms with van der Waals surface area (Å²) < 4.78 is 7.77. The number of nitrogens with zero attached hydrogens (tertiary/aromatic N) is 3. The first kappa shape index (κ1) is 32.6. The Bertz CT molecular complexity index is 1380. The van der Waals surface area contributed by atoms with Crippen LogP contribution in [0.25, 0.3) is 6.08 Å². The fourth-order valence-corrected chi connectivity index (χ4v) is 3.35. The van der Waals surface area contributed by atoms with Crippen LogP contribution in [0.15, 0.2) is 61.9 Å². The molecule has 3 rings (SSSR count). The number of amides is 1. The molecule has 0 aliphatic carbocycles. The van der Waals surface area contributed by atoms with E-state index in [9.17, 15) is 24.0 Å². The second kappa shape index (κ2) is 16.4. The molecule has 2 aromatic heterocycles. The van der Waals surface area contributed by atoms with Gasteiger partial charge in [0, 0.05) is 55.8 Å². The number of aromatic nitrogens is 4. The lowest BCUT2D eigenvalue weighted by Gasteiger charge is -2.22. The molecule has 39 heavy (non-hydrogen) atoms. The third-order valence-electron chi connectivity index (χ3n) is 5.45. The molecule has 212 valence electrons. The van der Waals surface area contributed by atoms with E-state index in [0.29, 0.717) is 16.9 Å². The van der Waals surface area contributed by atoms with Gasteiger partial charge in [-0.05, 0) is 37.6 Å². The average molecular weight is 542 g/mol. The smallest absolute Gasteiger partial charge is 0.328 e. The number of carbonyl (C=O) groups is 1. The number of carbonyl (C=O) groups excluding carboxylic acids is 1. The Kier molecular flexibility index (Phi) is 13.7. The summed E-state index contributed by atoms with van der Waals surface area (Å²) in [4.78, 5) is 66.5. The van der Waals surface area contributed by atoms with E-state index >= 15 is 0 Å². The van der Waals surface area contributed by atoms with Crippen molar-refractivity contribution in [2.45, 2.75) is 54.6 Å². The van der Waals surface area contributed by atoms with Gasteiger partial charge in [0.05, 0.1) is 7.11 Å². The summed E-state index contributed by atoms with van der Waals surface area (Å²) in [6.45, 7) is 11.7. The van der Waals surface area contributed by atoms with Crippen LogP contribution in [0.3, 0.4) is 0 Å². The lowest BCUT2D eigenvalue weighted by atomic mass is 10.2. The topological polar surface area (TPSA) is 139 Å². The summed E-state index contributed by atoms with van der Waals surface area (Å²) in [7, 11) is 1.57. The first-order valence-electron chi connectivity index (χ1n) is 12.9. The maximum Gasteiger partial charge on any atom is 0.328 e. The number of nitrogens with one attached hydrogen (secondary N) is 2. The number of hydrogen-bond acceptors (Lipinski definition) is 6. The van der Waals surface area contributed by atoms with Crippen molar-refractivity contribution in [2.75, 3.05) is 20.2 Å². The van der Waals surface area contributed by atoms with Crippen LogP contribution in [-0.2, 0) is 17.9 Å². The SMILES string of the molecule is CC.CC.COc1ccc(/C=C/C(=O)N(CCn2cc(C)c(=O)[nH]c2=O)CCn2cc(C)c(=O)[nH]c2=O)cc1. The predicted octanol–water partition coefficient (Wildman–Crippen LogP) is 2.31. The summed E-state index contributed by atoms with van der Waals surface area (Å²) in [6, 6.07) is 7.16. The highest BCUT2D eigenvalue weighted by Crippen LogP contribution is 2.12. The van der Waals surface area contributed by atoms with Crippen LogP contribution in [0.1, 0.15) is 44.4 Å². The number of hydrogen-bond donors (Lipinski definition) is 2. The Balaban J connectivity index is 0.00000181. The molecule has 0 aliphatic heterocycles. The lowest BCUT2D eigenvalue weighted by Crippen LogP contribution is -2.40. The molecule has 1 aromatic carbocycles. The molecule has 0 atom stereocenters. The predicted molar refractivity (Wildman–Crippen MR) is 153 cm³/mol. The van der Waals surface area contributed by atoms with Gasteiger partial charge in [-0.25, -0.2) is 9.59 Å². The highest BCUT2D eigenvalue weighted by atomic mass is 16.5. The molecule has 0 unspecified atom stereocenters. The summed E-state index contributed by atoms with van der Waals surface area (Å²) in [5.74, 6) is 0.364. The summed E-state index contributed by atoms with van der Waals surface area (Å²) in [5.41, 5.74) is -0.541. The third kappa shape index (κ3) is 9.76. The molecular formula is C28H39N5O6. The summed E-state index contributed by atoms with van der Waals surface area (Å²) in [6.07, 6.45) is 5.94. The zero-order valence-electron chi connectivity index (χ0n) is 23.7. The lowest BCUT2D eigenvalue weighted by molar-refractivity contribution is -0.126. The van der Waals surface area contributed by atoms with Crippen molar-refractivity contribution >= 4 is 12.0 Å². The van der Waals surface area contributed by atoms with Crippen LogP contribution < -0.4 is 27.2 Å². The van der Waals surface area contributed by atoms with Gasteiger partial charge in [-0.2, -0.15) is 0 Å². The van der Waals surface area contributed by atoms with Crippen molar-refractivity contribution in [1.82, 2.24) is 24.0 Å². The molecule has 0 fully saturated rings. The van der Waals surface area contributed by atoms with E-state index in [4.69, 9.17) is 4.74 Å². The molecule has 3 aromatic rings. The highest BCUT2D eigenvalue weighted by molar-refractivity contribution is 5.91. The van der Waals surface area contributed by atoms with E-state index in [1.807, 2.05) is 27.7 Å². The van der Waals surface area contributed by atoms with E-state index < -0.39 is 22.5 Å². The second-order valence-corrected chi connectivity index (χ2v) is 7.96. The fraction of sp³-hybridized carbons (Fsp3) is 0.393. The fourth-order valence-electron chi connectivity index (χ4n) is 3.35. The van der Waals surface area contributed by atoms with Gasteiger partial charge in [0.1, 0.15) is 5.75 Å². The summed E-state index contributed by atoms with van der Waals surface area (Å²) >= 11 is 0. The normalized spacial score (nSPS) is 10.2. The van der Waals surface area contributed by atoms with Gasteiger partial charge in [-0.3, -0.25) is 33.5 Å². The van der Waals surface area contributed by atoms with E-state index in [1.165, 1.54) is 32.5 Å². The van der Waals surface area contributed by atoms with Crippen molar-refractivity contribution < 1.29 is 9.53 Å². The maximum atomic E-state index is 13.0. The van der Waals surface area contributed by atoms with Gasteiger partial charge in [0.2, 0.25) is 5.91 Å². The van der Waals surface area contributed by atoms with Gasteiger partial charge in [0.15, 0.2) is 0 Å². The number of aryl methyl sites for hydroxylation is 2. The summed E-state index contributed by atoms with van der Waals surface area (Å²) in [5, 5.41) is 0. The molecule has 2 heterocycles. The Morgan fingerprint density at radius 3 is 1.67 bits per heavy atom. The van der Waals surface area contributed by atoms with Crippen molar-refractivity contribution in [3.63, 3.8) is 0 Å². The molecular weight excluding hydrogens is 502 g/mol. The quantitative estimate of drug-likeness (QED) is 0.399. The van der Waals surface area contributed by atoms with Gasteiger partial charge in [0.25, 0.3) is 11.1 Å². The first-order chi connectivity index (χ1) is 18.7. The molecule has 0 saturated carbocycles. The zero-order valence-corrected chi connectivity index (χ0v) is 23.7. The molecule has 11 heteroatoms. The molecule has 0 spiro atoms. The largest absolute Gasteiger partial charge is 0.497 e. The van der Waals surface area contributed by atoms with E-state index in [2.05, 4.69) is 9.97 Å². The third-order valence-corrected chi connectivity index (χ3v) is 5.45. The van der Waals surface area contributed by atoms with Crippen molar-refractivity contribution in [1.29, 1.82) is 0 Å². The van der Waals surface area contributed by atoms with Crippen LogP contribution in [0.2, 0.25) is 0 Å². The van der Waals surface area contributed by atoms with Crippen molar-refractivity contribution in [2.24, 2.45) is 0 Å². The van der Waals surface area contributed by atoms with E-state index in [-0.39, 0.29) is 32.1 Å². The Labute approximate surface area is 227 Å². The molecule has 1 amide bonds. The molecule has 0 radical (unpaired) electrons. The Morgan fingerprint density at radius 2 is 1.26 bits per heavy atom. The molecule has 11 nitrogen and oxygen atoms in total. The van der Waals surface area contributed by atoms with Crippen LogP contribution in [0, 0.1) is 13.8 Å². The average Bonchev–Trinajstić information content (AvgIpc) is 2.95. The van der Waals surface area contributed by atoms with Crippen molar-refractivity contribution in [3.05, 3.63) is 101 Å². The molecule has 0 aliphatic rings. The number of methoxy groups -OCH3 is 1. The first-order valence-corrected chi connectivity index (χ1v) is 12.9. The van der Waals surface area contributed by atoms with Gasteiger partial charge < -0.3 is 9.64 Å². The molecule has 0 bridgehead atoms. The van der Waals surface area contributed by atoms with Crippen LogP contribution >= 0.6 is 0 Å².